The minimum Gasteiger partial charge on any atom is -0.495 e. The molecule has 4 aromatic rings. The number of likely N-dealkylation sites (tertiary alicyclic amines) is 1. The van der Waals surface area contributed by atoms with Crippen LogP contribution in [0.2, 0.25) is 0 Å². The highest BCUT2D eigenvalue weighted by Crippen LogP contribution is 2.39. The Morgan fingerprint density at radius 1 is 1.08 bits per heavy atom. The van der Waals surface area contributed by atoms with Crippen molar-refractivity contribution in [1.82, 2.24) is 25.0 Å². The number of pyridine rings is 2. The zero-order valence-electron chi connectivity index (χ0n) is 21.7. The maximum absolute atomic E-state index is 13.5. The average Bonchev–Trinajstić information content (AvgIpc) is 3.57. The van der Waals surface area contributed by atoms with Crippen molar-refractivity contribution in [2.75, 3.05) is 20.2 Å². The number of nitrogens with zero attached hydrogens (tertiary/aromatic N) is 5. The fourth-order valence-electron chi connectivity index (χ4n) is 4.86. The third-order valence-corrected chi connectivity index (χ3v) is 7.52. The van der Waals surface area contributed by atoms with Gasteiger partial charge in [-0.05, 0) is 48.6 Å². The smallest absolute Gasteiger partial charge is 0.241 e. The second kappa shape index (κ2) is 10.4. The maximum Gasteiger partial charge on any atom is 0.241 e. The molecule has 0 spiro atoms. The fourth-order valence-corrected chi connectivity index (χ4v) is 4.86. The van der Waals surface area contributed by atoms with Crippen LogP contribution in [0, 0.1) is 5.92 Å². The number of halogens is 1. The lowest BCUT2D eigenvalue weighted by atomic mass is 9.70. The lowest BCUT2D eigenvalue weighted by Crippen LogP contribution is -2.31. The van der Waals surface area contributed by atoms with Crippen LogP contribution in [0.4, 0.5) is 4.39 Å². The van der Waals surface area contributed by atoms with Crippen molar-refractivity contribution in [3.63, 3.8) is 0 Å². The van der Waals surface area contributed by atoms with E-state index in [1.165, 1.54) is 5.56 Å². The summed E-state index contributed by atoms with van der Waals surface area (Å²) in [7, 11) is 1.64. The molecule has 0 amide bonds. The predicted octanol–water partition coefficient (Wildman–Crippen LogP) is 5.71. The third-order valence-electron chi connectivity index (χ3n) is 7.52. The number of hydrogen-bond donors (Lipinski definition) is 0. The monoisotopic (exact) mass is 501 g/mol. The van der Waals surface area contributed by atoms with Crippen molar-refractivity contribution in [2.45, 2.75) is 45.3 Å². The highest BCUT2D eigenvalue weighted by atomic mass is 19.1. The van der Waals surface area contributed by atoms with Gasteiger partial charge >= 0.3 is 0 Å². The molecule has 192 valence electrons. The van der Waals surface area contributed by atoms with Crippen LogP contribution >= 0.6 is 0 Å². The summed E-state index contributed by atoms with van der Waals surface area (Å²) in [5, 5.41) is 4.12. The summed E-state index contributed by atoms with van der Waals surface area (Å²) in [5.74, 6) is 2.02. The third kappa shape index (κ3) is 5.11. The molecule has 4 heterocycles. The molecule has 0 N–H and O–H groups in total. The predicted molar refractivity (Wildman–Crippen MR) is 140 cm³/mol. The number of methoxy groups -OCH3 is 1. The van der Waals surface area contributed by atoms with Gasteiger partial charge in [-0.25, -0.2) is 4.39 Å². The van der Waals surface area contributed by atoms with Crippen LogP contribution in [-0.2, 0) is 12.0 Å². The van der Waals surface area contributed by atoms with Gasteiger partial charge in [0.15, 0.2) is 0 Å². The number of ether oxygens (including phenoxy) is 1. The second-order valence-corrected chi connectivity index (χ2v) is 10.1. The molecule has 0 aliphatic carbocycles. The van der Waals surface area contributed by atoms with Crippen LogP contribution in [0.3, 0.4) is 0 Å². The zero-order valence-corrected chi connectivity index (χ0v) is 21.7. The van der Waals surface area contributed by atoms with Crippen molar-refractivity contribution in [3.05, 3.63) is 78.2 Å². The normalized spacial score (nSPS) is 17.7. The Kier molecular flexibility index (Phi) is 7.02. The Bertz CT molecular complexity index is 1340. The first kappa shape index (κ1) is 25.0. The molecule has 1 aliphatic rings. The fraction of sp³-hybridized carbons (Fsp3) is 0.379. The van der Waals surface area contributed by atoms with Crippen LogP contribution in [0.5, 0.6) is 5.75 Å². The summed E-state index contributed by atoms with van der Waals surface area (Å²) in [4.78, 5) is 15.6. The summed E-state index contributed by atoms with van der Waals surface area (Å²) in [6.07, 6.45) is 5.12. The van der Waals surface area contributed by atoms with Crippen LogP contribution in [0.25, 0.3) is 22.5 Å². The first-order chi connectivity index (χ1) is 17.9. The van der Waals surface area contributed by atoms with Crippen molar-refractivity contribution in [3.8, 4) is 28.3 Å². The van der Waals surface area contributed by atoms with E-state index < -0.39 is 6.17 Å². The first-order valence-corrected chi connectivity index (χ1v) is 12.6. The maximum atomic E-state index is 13.5. The van der Waals surface area contributed by atoms with E-state index in [4.69, 9.17) is 14.2 Å². The van der Waals surface area contributed by atoms with Crippen molar-refractivity contribution in [2.24, 2.45) is 5.92 Å². The molecule has 7 nitrogen and oxygen atoms in total. The molecule has 0 bridgehead atoms. The van der Waals surface area contributed by atoms with Gasteiger partial charge in [-0.1, -0.05) is 43.3 Å². The summed E-state index contributed by atoms with van der Waals surface area (Å²) in [5.41, 5.74) is 4.72. The van der Waals surface area contributed by atoms with E-state index in [0.29, 0.717) is 43.7 Å². The van der Waals surface area contributed by atoms with E-state index in [9.17, 15) is 4.39 Å². The number of aromatic nitrogens is 4. The van der Waals surface area contributed by atoms with Crippen molar-refractivity contribution in [1.29, 1.82) is 0 Å². The SMILES string of the molecule is COc1cncc(-c2ccc(C(C)(c3ccc(-c4noc(CN5CC[C@H](F)C5)n4)cn3)C(C)C)cc2)c1. The van der Waals surface area contributed by atoms with Gasteiger partial charge in [0, 0.05) is 42.0 Å². The van der Waals surface area contributed by atoms with Gasteiger partial charge in [-0.15, -0.1) is 0 Å². The minimum absolute atomic E-state index is 0.298. The Morgan fingerprint density at radius 3 is 2.51 bits per heavy atom. The molecule has 1 aliphatic heterocycles. The lowest BCUT2D eigenvalue weighted by Gasteiger charge is -2.34. The molecular weight excluding hydrogens is 469 g/mol. The number of benzene rings is 1. The lowest BCUT2D eigenvalue weighted by molar-refractivity contribution is 0.246. The van der Waals surface area contributed by atoms with Gasteiger partial charge in [-0.2, -0.15) is 4.98 Å². The van der Waals surface area contributed by atoms with Crippen LogP contribution < -0.4 is 4.74 Å². The number of rotatable bonds is 8. The van der Waals surface area contributed by atoms with Gasteiger partial charge in [0.2, 0.25) is 11.7 Å². The van der Waals surface area contributed by atoms with E-state index >= 15 is 0 Å². The molecule has 1 aromatic carbocycles. The summed E-state index contributed by atoms with van der Waals surface area (Å²) in [6, 6.07) is 14.6. The van der Waals surface area contributed by atoms with E-state index in [-0.39, 0.29) is 5.41 Å². The van der Waals surface area contributed by atoms with Gasteiger partial charge in [0.05, 0.1) is 25.5 Å². The largest absolute Gasteiger partial charge is 0.495 e. The number of hydrogen-bond acceptors (Lipinski definition) is 7. The molecule has 0 saturated carbocycles. The first-order valence-electron chi connectivity index (χ1n) is 12.6. The van der Waals surface area contributed by atoms with Crippen LogP contribution in [0.1, 0.15) is 44.3 Å². The molecule has 8 heteroatoms. The molecule has 2 atom stereocenters. The molecule has 1 saturated heterocycles. The highest BCUT2D eigenvalue weighted by Gasteiger charge is 2.34. The van der Waals surface area contributed by atoms with Crippen molar-refractivity contribution < 1.29 is 13.7 Å². The Balaban J connectivity index is 1.36. The van der Waals surface area contributed by atoms with E-state index in [0.717, 1.165) is 28.1 Å². The average molecular weight is 502 g/mol. The zero-order chi connectivity index (χ0) is 26.0. The summed E-state index contributed by atoms with van der Waals surface area (Å²) in [6.45, 7) is 8.23. The van der Waals surface area contributed by atoms with Crippen LogP contribution in [0.15, 0.2) is 65.6 Å². The summed E-state index contributed by atoms with van der Waals surface area (Å²) < 4.78 is 24.2. The Morgan fingerprint density at radius 2 is 1.86 bits per heavy atom. The molecular formula is C29H32FN5O2. The molecule has 0 radical (unpaired) electrons. The van der Waals surface area contributed by atoms with E-state index in [2.05, 4.69) is 60.2 Å². The molecule has 5 rings (SSSR count). The van der Waals surface area contributed by atoms with E-state index in [1.807, 2.05) is 29.3 Å². The quantitative estimate of drug-likeness (QED) is 0.306. The Hall–Kier alpha value is -3.65. The summed E-state index contributed by atoms with van der Waals surface area (Å²) >= 11 is 0. The number of alkyl halides is 1. The van der Waals surface area contributed by atoms with Gasteiger partial charge < -0.3 is 9.26 Å². The van der Waals surface area contributed by atoms with Gasteiger partial charge in [0.25, 0.3) is 0 Å². The van der Waals surface area contributed by atoms with E-state index in [1.54, 1.807) is 19.5 Å². The van der Waals surface area contributed by atoms with Crippen LogP contribution in [-0.4, -0.2) is 51.4 Å². The molecule has 1 unspecified atom stereocenters. The van der Waals surface area contributed by atoms with Gasteiger partial charge in [-0.3, -0.25) is 14.9 Å². The van der Waals surface area contributed by atoms with Gasteiger partial charge in [0.1, 0.15) is 11.9 Å². The standard InChI is InChI=1S/C29H32FN5O2/c1-19(2)29(3,23-8-5-20(6-9-23)22-13-25(36-4)16-31-14-22)26-10-7-21(15-32-26)28-33-27(37-34-28)18-35-12-11-24(30)17-35/h5-10,13-16,19,24H,11-12,17-18H2,1-4H3/t24-,29?/m0/s1. The molecule has 37 heavy (non-hydrogen) atoms. The van der Waals surface area contributed by atoms with Crippen molar-refractivity contribution >= 4 is 0 Å². The Labute approximate surface area is 216 Å². The molecule has 3 aromatic heterocycles. The molecule has 1 fully saturated rings. The topological polar surface area (TPSA) is 77.2 Å². The minimum atomic E-state index is -0.774. The highest BCUT2D eigenvalue weighted by molar-refractivity contribution is 5.64. The second-order valence-electron chi connectivity index (χ2n) is 10.1.